The number of piperazine rings is 1. The van der Waals surface area contributed by atoms with E-state index in [1.54, 1.807) is 11.3 Å². The van der Waals surface area contributed by atoms with E-state index in [1.807, 2.05) is 6.20 Å². The Kier molecular flexibility index (Phi) is 3.78. The van der Waals surface area contributed by atoms with E-state index >= 15 is 0 Å². The van der Waals surface area contributed by atoms with E-state index in [9.17, 15) is 0 Å². The van der Waals surface area contributed by atoms with Gasteiger partial charge < -0.3 is 10.6 Å². The lowest BCUT2D eigenvalue weighted by atomic mass is 10.2. The van der Waals surface area contributed by atoms with E-state index in [-0.39, 0.29) is 0 Å². The SMILES string of the molecule is CC(C)N1CCN(c2ncc(CN)s2)CC1. The zero-order valence-electron chi connectivity index (χ0n) is 10.0. The van der Waals surface area contributed by atoms with Gasteiger partial charge in [0.1, 0.15) is 0 Å². The van der Waals surface area contributed by atoms with Crippen molar-refractivity contribution in [2.75, 3.05) is 31.1 Å². The lowest BCUT2D eigenvalue weighted by molar-refractivity contribution is 0.209. The van der Waals surface area contributed by atoms with Gasteiger partial charge in [-0.3, -0.25) is 4.90 Å². The third kappa shape index (κ3) is 2.53. The summed E-state index contributed by atoms with van der Waals surface area (Å²) in [5.74, 6) is 0. The fourth-order valence-corrected chi connectivity index (χ4v) is 2.81. The van der Waals surface area contributed by atoms with E-state index < -0.39 is 0 Å². The molecular formula is C11H20N4S. The molecule has 1 aromatic heterocycles. The van der Waals surface area contributed by atoms with Gasteiger partial charge in [-0.2, -0.15) is 0 Å². The van der Waals surface area contributed by atoms with E-state index in [2.05, 4.69) is 28.6 Å². The molecule has 0 saturated carbocycles. The van der Waals surface area contributed by atoms with Gasteiger partial charge in [0, 0.05) is 49.8 Å². The maximum Gasteiger partial charge on any atom is 0.185 e. The lowest BCUT2D eigenvalue weighted by Gasteiger charge is -2.36. The molecule has 2 heterocycles. The van der Waals surface area contributed by atoms with Crippen molar-refractivity contribution >= 4 is 16.5 Å². The minimum Gasteiger partial charge on any atom is -0.346 e. The molecule has 0 radical (unpaired) electrons. The van der Waals surface area contributed by atoms with Crippen molar-refractivity contribution in [2.45, 2.75) is 26.4 Å². The van der Waals surface area contributed by atoms with Gasteiger partial charge in [0.05, 0.1) is 0 Å². The monoisotopic (exact) mass is 240 g/mol. The number of aromatic nitrogens is 1. The van der Waals surface area contributed by atoms with Crippen molar-refractivity contribution in [3.8, 4) is 0 Å². The molecule has 1 saturated heterocycles. The fraction of sp³-hybridized carbons (Fsp3) is 0.727. The Hall–Kier alpha value is -0.650. The van der Waals surface area contributed by atoms with Crippen LogP contribution in [0.25, 0.3) is 0 Å². The standard InChI is InChI=1S/C11H20N4S/c1-9(2)14-3-5-15(6-4-14)11-13-8-10(7-12)16-11/h8-9H,3-7,12H2,1-2H3. The van der Waals surface area contributed by atoms with Crippen molar-refractivity contribution < 1.29 is 0 Å². The molecule has 1 aliphatic heterocycles. The van der Waals surface area contributed by atoms with Gasteiger partial charge in [0.2, 0.25) is 0 Å². The summed E-state index contributed by atoms with van der Waals surface area (Å²) >= 11 is 1.72. The molecular weight excluding hydrogens is 220 g/mol. The zero-order valence-corrected chi connectivity index (χ0v) is 10.8. The van der Waals surface area contributed by atoms with Crippen LogP contribution in [0.1, 0.15) is 18.7 Å². The molecule has 2 N–H and O–H groups in total. The Morgan fingerprint density at radius 3 is 2.56 bits per heavy atom. The predicted octanol–water partition coefficient (Wildman–Crippen LogP) is 1.13. The van der Waals surface area contributed by atoms with Crippen LogP contribution in [0.2, 0.25) is 0 Å². The lowest BCUT2D eigenvalue weighted by Crippen LogP contribution is -2.48. The minimum absolute atomic E-state index is 0.601. The summed E-state index contributed by atoms with van der Waals surface area (Å²) in [5, 5.41) is 1.13. The number of nitrogens with two attached hydrogens (primary N) is 1. The average Bonchev–Trinajstić information content (AvgIpc) is 2.77. The molecule has 1 fully saturated rings. The number of hydrogen-bond acceptors (Lipinski definition) is 5. The molecule has 90 valence electrons. The van der Waals surface area contributed by atoms with E-state index in [4.69, 9.17) is 5.73 Å². The van der Waals surface area contributed by atoms with Gasteiger partial charge in [-0.25, -0.2) is 4.98 Å². The molecule has 5 heteroatoms. The first-order chi connectivity index (χ1) is 7.70. The summed E-state index contributed by atoms with van der Waals surface area (Å²) in [5.41, 5.74) is 5.60. The number of hydrogen-bond donors (Lipinski definition) is 1. The van der Waals surface area contributed by atoms with E-state index in [0.29, 0.717) is 12.6 Å². The van der Waals surface area contributed by atoms with Crippen LogP contribution in [0.15, 0.2) is 6.20 Å². The van der Waals surface area contributed by atoms with Gasteiger partial charge in [-0.05, 0) is 13.8 Å². The van der Waals surface area contributed by atoms with Crippen molar-refractivity contribution in [2.24, 2.45) is 5.73 Å². The molecule has 1 aliphatic rings. The molecule has 0 spiro atoms. The molecule has 0 aromatic carbocycles. The normalized spacial score (nSPS) is 18.4. The van der Waals surface area contributed by atoms with Crippen molar-refractivity contribution in [3.63, 3.8) is 0 Å². The second-order valence-electron chi connectivity index (χ2n) is 4.43. The Balaban J connectivity index is 1.93. The molecule has 0 amide bonds. The van der Waals surface area contributed by atoms with Crippen LogP contribution in [-0.4, -0.2) is 42.1 Å². The van der Waals surface area contributed by atoms with Gasteiger partial charge in [0.15, 0.2) is 5.13 Å². The molecule has 1 aromatic rings. The third-order valence-corrected chi connectivity index (χ3v) is 4.14. The summed E-state index contributed by atoms with van der Waals surface area (Å²) in [4.78, 5) is 10.5. The van der Waals surface area contributed by atoms with Crippen LogP contribution in [0.5, 0.6) is 0 Å². The Morgan fingerprint density at radius 2 is 2.06 bits per heavy atom. The fourth-order valence-electron chi connectivity index (χ4n) is 1.97. The van der Waals surface area contributed by atoms with Crippen molar-refractivity contribution in [1.29, 1.82) is 0 Å². The number of anilines is 1. The van der Waals surface area contributed by atoms with Gasteiger partial charge in [-0.15, -0.1) is 11.3 Å². The first kappa shape index (κ1) is 11.8. The van der Waals surface area contributed by atoms with E-state index in [1.165, 1.54) is 4.88 Å². The first-order valence-electron chi connectivity index (χ1n) is 5.84. The van der Waals surface area contributed by atoms with Crippen molar-refractivity contribution in [3.05, 3.63) is 11.1 Å². The van der Waals surface area contributed by atoms with Crippen LogP contribution < -0.4 is 10.6 Å². The van der Waals surface area contributed by atoms with Gasteiger partial charge in [0.25, 0.3) is 0 Å². The average molecular weight is 240 g/mol. The third-order valence-electron chi connectivity index (χ3n) is 3.06. The maximum absolute atomic E-state index is 5.60. The Bertz CT molecular complexity index is 328. The minimum atomic E-state index is 0.601. The molecule has 0 atom stereocenters. The van der Waals surface area contributed by atoms with Crippen LogP contribution in [0.3, 0.4) is 0 Å². The summed E-state index contributed by atoms with van der Waals surface area (Å²) in [6.45, 7) is 9.54. The molecule has 16 heavy (non-hydrogen) atoms. The van der Waals surface area contributed by atoms with Gasteiger partial charge >= 0.3 is 0 Å². The number of nitrogens with zero attached hydrogens (tertiary/aromatic N) is 3. The largest absolute Gasteiger partial charge is 0.346 e. The zero-order chi connectivity index (χ0) is 11.5. The van der Waals surface area contributed by atoms with Gasteiger partial charge in [-0.1, -0.05) is 0 Å². The molecule has 2 rings (SSSR count). The highest BCUT2D eigenvalue weighted by Gasteiger charge is 2.20. The Labute approximate surface area is 101 Å². The van der Waals surface area contributed by atoms with E-state index in [0.717, 1.165) is 31.3 Å². The number of thiazole rings is 1. The topological polar surface area (TPSA) is 45.4 Å². The second-order valence-corrected chi connectivity index (χ2v) is 5.52. The molecule has 0 bridgehead atoms. The second kappa shape index (κ2) is 5.12. The highest BCUT2D eigenvalue weighted by molar-refractivity contribution is 7.15. The highest BCUT2D eigenvalue weighted by Crippen LogP contribution is 2.23. The van der Waals surface area contributed by atoms with Crippen LogP contribution in [0, 0.1) is 0 Å². The highest BCUT2D eigenvalue weighted by atomic mass is 32.1. The number of rotatable bonds is 3. The van der Waals surface area contributed by atoms with Crippen LogP contribution in [0.4, 0.5) is 5.13 Å². The molecule has 0 aliphatic carbocycles. The van der Waals surface area contributed by atoms with Crippen molar-refractivity contribution in [1.82, 2.24) is 9.88 Å². The van der Waals surface area contributed by atoms with Crippen LogP contribution >= 0.6 is 11.3 Å². The Morgan fingerprint density at radius 1 is 1.38 bits per heavy atom. The van der Waals surface area contributed by atoms with Crippen LogP contribution in [-0.2, 0) is 6.54 Å². The first-order valence-corrected chi connectivity index (χ1v) is 6.66. The maximum atomic E-state index is 5.60. The summed E-state index contributed by atoms with van der Waals surface area (Å²) in [6.07, 6.45) is 1.90. The molecule has 4 nitrogen and oxygen atoms in total. The molecule has 0 unspecified atom stereocenters. The summed E-state index contributed by atoms with van der Waals surface area (Å²) in [7, 11) is 0. The smallest absolute Gasteiger partial charge is 0.185 e. The quantitative estimate of drug-likeness (QED) is 0.860. The summed E-state index contributed by atoms with van der Waals surface area (Å²) < 4.78 is 0. The summed E-state index contributed by atoms with van der Waals surface area (Å²) in [6, 6.07) is 0.651. The predicted molar refractivity (Wildman–Crippen MR) is 68.9 cm³/mol.